The minimum Gasteiger partial charge on any atom is -0.294 e. The van der Waals surface area contributed by atoms with Gasteiger partial charge in [0.1, 0.15) is 0 Å². The highest BCUT2D eigenvalue weighted by atomic mass is 16.1. The van der Waals surface area contributed by atoms with Crippen LogP contribution in [0.1, 0.15) is 65.2 Å². The van der Waals surface area contributed by atoms with E-state index in [0.29, 0.717) is 6.42 Å². The summed E-state index contributed by atoms with van der Waals surface area (Å²) in [5.74, 6) is 0.259. The van der Waals surface area contributed by atoms with Crippen LogP contribution in [0.25, 0.3) is 0 Å². The van der Waals surface area contributed by atoms with Crippen molar-refractivity contribution in [2.75, 3.05) is 0 Å². The molecule has 0 bridgehead atoms. The van der Waals surface area contributed by atoms with Gasteiger partial charge >= 0.3 is 0 Å². The molecule has 0 aromatic rings. The molecule has 0 spiro atoms. The van der Waals surface area contributed by atoms with Crippen molar-refractivity contribution in [3.8, 4) is 0 Å². The topological polar surface area (TPSA) is 17.1 Å². The summed E-state index contributed by atoms with van der Waals surface area (Å²) in [6.45, 7) is 7.92. The molecule has 0 rings (SSSR count). The number of hydrogen-bond donors (Lipinski definition) is 0. The lowest BCUT2D eigenvalue weighted by atomic mass is 10.0. The molecule has 86 valence electrons. The van der Waals surface area contributed by atoms with E-state index in [1.807, 2.05) is 0 Å². The first-order valence-corrected chi connectivity index (χ1v) is 6.18. The number of carbonyl (C=O) groups excluding carboxylic acids is 1. The van der Waals surface area contributed by atoms with Gasteiger partial charge in [0.05, 0.1) is 0 Å². The summed E-state index contributed by atoms with van der Waals surface area (Å²) in [7, 11) is 0. The Bertz CT molecular complexity index is 221. The number of carbonyl (C=O) groups is 1. The Hall–Kier alpha value is -0.810. The molecular formula is C14H24O. The first kappa shape index (κ1) is 14.2. The van der Waals surface area contributed by atoms with E-state index >= 15 is 0 Å². The van der Waals surface area contributed by atoms with Crippen LogP contribution < -0.4 is 0 Å². The van der Waals surface area contributed by atoms with E-state index in [0.717, 1.165) is 37.7 Å². The third kappa shape index (κ3) is 7.16. The number of Topliss-reactive ketones (excluding diaryl/α,β-unsaturated/α-hetero) is 1. The molecule has 0 aliphatic rings. The van der Waals surface area contributed by atoms with Gasteiger partial charge in [0.2, 0.25) is 0 Å². The van der Waals surface area contributed by atoms with Gasteiger partial charge in [0.15, 0.2) is 5.78 Å². The molecular weight excluding hydrogens is 184 g/mol. The summed E-state index contributed by atoms with van der Waals surface area (Å²) < 4.78 is 0. The Morgan fingerprint density at radius 2 is 1.53 bits per heavy atom. The number of rotatable bonds is 9. The van der Waals surface area contributed by atoms with Crippen molar-refractivity contribution in [2.24, 2.45) is 0 Å². The Labute approximate surface area is 94.3 Å². The van der Waals surface area contributed by atoms with Gasteiger partial charge < -0.3 is 0 Å². The first-order chi connectivity index (χ1) is 7.26. The summed E-state index contributed by atoms with van der Waals surface area (Å²) in [5.41, 5.74) is 3.62. The minimum atomic E-state index is 0.259. The fourth-order valence-corrected chi connectivity index (χ4v) is 1.56. The molecule has 0 unspecified atom stereocenters. The van der Waals surface area contributed by atoms with Crippen LogP contribution in [-0.4, -0.2) is 5.78 Å². The van der Waals surface area contributed by atoms with E-state index in [2.05, 4.69) is 26.2 Å². The van der Waals surface area contributed by atoms with Crippen LogP contribution in [0.4, 0.5) is 0 Å². The van der Waals surface area contributed by atoms with Gasteiger partial charge in [-0.1, -0.05) is 46.1 Å². The lowest BCUT2D eigenvalue weighted by Crippen LogP contribution is -2.01. The van der Waals surface area contributed by atoms with Gasteiger partial charge in [-0.05, 0) is 19.3 Å². The third-order valence-electron chi connectivity index (χ3n) is 2.59. The second-order valence-corrected chi connectivity index (χ2v) is 3.99. The SMILES string of the molecule is C=C=C(CCCCC)C(=O)CCCCC. The zero-order valence-electron chi connectivity index (χ0n) is 10.3. The standard InChI is InChI=1S/C14H24O/c1-4-7-9-11-13(6-3)14(15)12-10-8-5-2/h3-5,7-12H2,1-2H3. The summed E-state index contributed by atoms with van der Waals surface area (Å²) in [6.07, 6.45) is 8.32. The zero-order valence-corrected chi connectivity index (χ0v) is 10.3. The van der Waals surface area contributed by atoms with Gasteiger partial charge in [0, 0.05) is 12.0 Å². The van der Waals surface area contributed by atoms with E-state index in [1.54, 1.807) is 0 Å². The lowest BCUT2D eigenvalue weighted by Gasteiger charge is -2.03. The normalized spacial score (nSPS) is 9.73. The van der Waals surface area contributed by atoms with Crippen LogP contribution >= 0.6 is 0 Å². The maximum absolute atomic E-state index is 11.7. The van der Waals surface area contributed by atoms with E-state index in [4.69, 9.17) is 0 Å². The molecule has 1 nitrogen and oxygen atoms in total. The van der Waals surface area contributed by atoms with Gasteiger partial charge in [-0.2, -0.15) is 0 Å². The average Bonchev–Trinajstić information content (AvgIpc) is 2.24. The van der Waals surface area contributed by atoms with Crippen LogP contribution in [0.2, 0.25) is 0 Å². The predicted octanol–water partition coefficient (Wildman–Crippen LogP) is 4.43. The number of ketones is 1. The predicted molar refractivity (Wildman–Crippen MR) is 65.9 cm³/mol. The largest absolute Gasteiger partial charge is 0.294 e. The zero-order chi connectivity index (χ0) is 11.5. The quantitative estimate of drug-likeness (QED) is 0.311. The maximum Gasteiger partial charge on any atom is 0.166 e. The molecule has 0 saturated carbocycles. The summed E-state index contributed by atoms with van der Waals surface area (Å²) in [6, 6.07) is 0. The van der Waals surface area contributed by atoms with Crippen LogP contribution in [-0.2, 0) is 4.79 Å². The van der Waals surface area contributed by atoms with Crippen LogP contribution in [0, 0.1) is 0 Å². The molecule has 0 aromatic heterocycles. The monoisotopic (exact) mass is 208 g/mol. The second kappa shape index (κ2) is 9.73. The fourth-order valence-electron chi connectivity index (χ4n) is 1.56. The van der Waals surface area contributed by atoms with Gasteiger partial charge in [-0.15, -0.1) is 5.73 Å². The van der Waals surface area contributed by atoms with Crippen molar-refractivity contribution in [2.45, 2.75) is 65.2 Å². The molecule has 0 fully saturated rings. The molecule has 0 radical (unpaired) electrons. The summed E-state index contributed by atoms with van der Waals surface area (Å²) in [5, 5.41) is 0. The number of hydrogen-bond acceptors (Lipinski definition) is 1. The molecule has 0 aliphatic carbocycles. The first-order valence-electron chi connectivity index (χ1n) is 6.18. The van der Waals surface area contributed by atoms with Crippen LogP contribution in [0.5, 0.6) is 0 Å². The van der Waals surface area contributed by atoms with Crippen molar-refractivity contribution in [3.05, 3.63) is 17.9 Å². The molecule has 0 saturated heterocycles. The number of allylic oxidation sites excluding steroid dienone is 1. The Balaban J connectivity index is 3.85. The van der Waals surface area contributed by atoms with Crippen molar-refractivity contribution < 1.29 is 4.79 Å². The molecule has 1 heteroatoms. The van der Waals surface area contributed by atoms with Gasteiger partial charge in [-0.3, -0.25) is 4.79 Å². The Morgan fingerprint density at radius 1 is 1.00 bits per heavy atom. The lowest BCUT2D eigenvalue weighted by molar-refractivity contribution is -0.115. The van der Waals surface area contributed by atoms with Crippen LogP contribution in [0.3, 0.4) is 0 Å². The highest BCUT2D eigenvalue weighted by molar-refractivity contribution is 5.94. The second-order valence-electron chi connectivity index (χ2n) is 3.99. The van der Waals surface area contributed by atoms with Crippen molar-refractivity contribution in [3.63, 3.8) is 0 Å². The number of unbranched alkanes of at least 4 members (excludes halogenated alkanes) is 4. The molecule has 0 aromatic carbocycles. The summed E-state index contributed by atoms with van der Waals surface area (Å²) in [4.78, 5) is 11.7. The van der Waals surface area contributed by atoms with E-state index in [-0.39, 0.29) is 5.78 Å². The maximum atomic E-state index is 11.7. The summed E-state index contributed by atoms with van der Waals surface area (Å²) >= 11 is 0. The van der Waals surface area contributed by atoms with Crippen molar-refractivity contribution >= 4 is 5.78 Å². The highest BCUT2D eigenvalue weighted by Gasteiger charge is 2.07. The molecule has 0 aliphatic heterocycles. The molecule has 0 N–H and O–H groups in total. The molecule has 0 heterocycles. The van der Waals surface area contributed by atoms with E-state index < -0.39 is 0 Å². The van der Waals surface area contributed by atoms with E-state index in [9.17, 15) is 4.79 Å². The molecule has 15 heavy (non-hydrogen) atoms. The average molecular weight is 208 g/mol. The Morgan fingerprint density at radius 3 is 2.00 bits per heavy atom. The van der Waals surface area contributed by atoms with E-state index in [1.165, 1.54) is 12.8 Å². The molecule has 0 atom stereocenters. The van der Waals surface area contributed by atoms with Crippen molar-refractivity contribution in [1.82, 2.24) is 0 Å². The van der Waals surface area contributed by atoms with Gasteiger partial charge in [0.25, 0.3) is 0 Å². The highest BCUT2D eigenvalue weighted by Crippen LogP contribution is 2.12. The minimum absolute atomic E-state index is 0.259. The molecule has 0 amide bonds. The smallest absolute Gasteiger partial charge is 0.166 e. The fraction of sp³-hybridized carbons (Fsp3) is 0.714. The van der Waals surface area contributed by atoms with Gasteiger partial charge in [-0.25, -0.2) is 0 Å². The Kier molecular flexibility index (Phi) is 9.21. The van der Waals surface area contributed by atoms with Crippen LogP contribution in [0.15, 0.2) is 17.9 Å². The van der Waals surface area contributed by atoms with Crippen molar-refractivity contribution in [1.29, 1.82) is 0 Å². The third-order valence-corrected chi connectivity index (χ3v) is 2.59.